The van der Waals surface area contributed by atoms with E-state index in [0.717, 1.165) is 0 Å². The number of alkyl halides is 2. The van der Waals surface area contributed by atoms with Crippen LogP contribution in [-0.4, -0.2) is 59.7 Å². The molecule has 0 radical (unpaired) electrons. The second-order valence-corrected chi connectivity index (χ2v) is 11.2. The van der Waals surface area contributed by atoms with E-state index in [9.17, 15) is 9.59 Å². The predicted octanol–water partition coefficient (Wildman–Crippen LogP) is 3.54. The van der Waals surface area contributed by atoms with Crippen molar-refractivity contribution in [2.45, 2.75) is 26.7 Å². The molecule has 10 nitrogen and oxygen atoms in total. The van der Waals surface area contributed by atoms with E-state index in [-0.39, 0.29) is 54.4 Å². The molecule has 1 fully saturated rings. The number of fused-ring (bicyclic) bond motifs is 1. The minimum absolute atomic E-state index is 0.0316. The van der Waals surface area contributed by atoms with E-state index in [1.54, 1.807) is 50.1 Å². The van der Waals surface area contributed by atoms with Crippen LogP contribution in [0.5, 0.6) is 5.75 Å². The van der Waals surface area contributed by atoms with Gasteiger partial charge >= 0.3 is 0 Å². The number of hydrogen-bond acceptors (Lipinski definition) is 8. The summed E-state index contributed by atoms with van der Waals surface area (Å²) in [4.78, 5) is 34.9. The standard InChI is InChI=1S/C27H34ClF2N7O3/c1-15-11-37(12-21(27(15,29)30)26(2,3)14-31)25-33-10-18(28)23(35-25)34-17-6-7-19-16(8-17)9-20(24(39)36(19)5)40-13-22(38)32-4/h6-10,15,21H,11-14,31H2,1-5H3,(H,32,38)(H,33,34,35). The van der Waals surface area contributed by atoms with Crippen molar-refractivity contribution in [2.75, 3.05) is 43.5 Å². The number of nitrogens with one attached hydrogen (secondary N) is 2. The van der Waals surface area contributed by atoms with Gasteiger partial charge in [0.05, 0.1) is 11.7 Å². The Labute approximate surface area is 235 Å². The molecule has 2 aromatic heterocycles. The van der Waals surface area contributed by atoms with Gasteiger partial charge in [-0.2, -0.15) is 4.98 Å². The number of piperidine rings is 1. The van der Waals surface area contributed by atoms with Crippen LogP contribution in [0.2, 0.25) is 5.02 Å². The average Bonchev–Trinajstić information content (AvgIpc) is 2.92. The number of aromatic nitrogens is 3. The molecule has 2 unspecified atom stereocenters. The van der Waals surface area contributed by atoms with Crippen molar-refractivity contribution in [3.63, 3.8) is 0 Å². The molecule has 13 heteroatoms. The maximum atomic E-state index is 15.2. The highest BCUT2D eigenvalue weighted by atomic mass is 35.5. The van der Waals surface area contributed by atoms with Crippen molar-refractivity contribution in [1.82, 2.24) is 19.9 Å². The molecule has 4 N–H and O–H groups in total. The summed E-state index contributed by atoms with van der Waals surface area (Å²) in [6.07, 6.45) is 1.43. The minimum Gasteiger partial charge on any atom is -0.478 e. The first-order valence-corrected chi connectivity index (χ1v) is 13.3. The summed E-state index contributed by atoms with van der Waals surface area (Å²) < 4.78 is 37.2. The van der Waals surface area contributed by atoms with Crippen molar-refractivity contribution in [3.05, 3.63) is 45.8 Å². The Hall–Kier alpha value is -3.51. The number of nitrogens with zero attached hydrogens (tertiary/aromatic N) is 4. The van der Waals surface area contributed by atoms with Crippen LogP contribution < -0.4 is 31.6 Å². The Bertz CT molecular complexity index is 1480. The zero-order valence-corrected chi connectivity index (χ0v) is 23.9. The third-order valence-electron chi connectivity index (χ3n) is 7.59. The van der Waals surface area contributed by atoms with Gasteiger partial charge in [-0.1, -0.05) is 32.4 Å². The summed E-state index contributed by atoms with van der Waals surface area (Å²) in [5.74, 6) is -4.57. The molecule has 216 valence electrons. The number of hydrogen-bond donors (Lipinski definition) is 3. The van der Waals surface area contributed by atoms with Crippen LogP contribution in [0.15, 0.2) is 35.3 Å². The fraction of sp³-hybridized carbons (Fsp3) is 0.481. The van der Waals surface area contributed by atoms with Gasteiger partial charge < -0.3 is 30.6 Å². The molecule has 0 spiro atoms. The van der Waals surface area contributed by atoms with Gasteiger partial charge in [-0.05, 0) is 36.2 Å². The molecule has 1 saturated heterocycles. The zero-order valence-electron chi connectivity index (χ0n) is 23.1. The Balaban J connectivity index is 1.63. The minimum atomic E-state index is -2.89. The van der Waals surface area contributed by atoms with Crippen LogP contribution in [0, 0.1) is 17.3 Å². The lowest BCUT2D eigenvalue weighted by atomic mass is 9.70. The van der Waals surface area contributed by atoms with E-state index in [1.165, 1.54) is 24.7 Å². The van der Waals surface area contributed by atoms with Crippen molar-refractivity contribution >= 4 is 45.9 Å². The number of rotatable bonds is 8. The highest BCUT2D eigenvalue weighted by Crippen LogP contribution is 2.46. The topological polar surface area (TPSA) is 127 Å². The Morgan fingerprint density at radius 1 is 1.30 bits per heavy atom. The number of anilines is 3. The number of likely N-dealkylation sites (N-methyl/N-ethyl adjacent to an activating group) is 1. The largest absolute Gasteiger partial charge is 0.478 e. The van der Waals surface area contributed by atoms with Crippen molar-refractivity contribution < 1.29 is 18.3 Å². The lowest BCUT2D eigenvalue weighted by molar-refractivity contribution is -0.145. The lowest BCUT2D eigenvalue weighted by Crippen LogP contribution is -2.59. The Morgan fingerprint density at radius 2 is 2.02 bits per heavy atom. The van der Waals surface area contributed by atoms with Crippen molar-refractivity contribution in [1.29, 1.82) is 0 Å². The molecule has 2 atom stereocenters. The van der Waals surface area contributed by atoms with Gasteiger partial charge in [0.15, 0.2) is 18.2 Å². The predicted molar refractivity (Wildman–Crippen MR) is 152 cm³/mol. The van der Waals surface area contributed by atoms with Gasteiger partial charge in [0.1, 0.15) is 5.02 Å². The van der Waals surface area contributed by atoms with E-state index < -0.39 is 23.2 Å². The smallest absolute Gasteiger partial charge is 0.293 e. The number of halogens is 3. The molecule has 3 aromatic rings. The number of benzene rings is 1. The van der Waals surface area contributed by atoms with Crippen LogP contribution in [0.1, 0.15) is 20.8 Å². The number of pyridine rings is 1. The molecule has 0 bridgehead atoms. The maximum Gasteiger partial charge on any atom is 0.293 e. The number of nitrogens with two attached hydrogens (primary N) is 1. The highest BCUT2D eigenvalue weighted by molar-refractivity contribution is 6.32. The fourth-order valence-corrected chi connectivity index (χ4v) is 5.01. The third kappa shape index (κ3) is 5.68. The summed E-state index contributed by atoms with van der Waals surface area (Å²) in [7, 11) is 3.09. The molecular formula is C27H34ClF2N7O3. The summed E-state index contributed by atoms with van der Waals surface area (Å²) in [5.41, 5.74) is 5.95. The molecule has 1 aromatic carbocycles. The van der Waals surface area contributed by atoms with E-state index in [2.05, 4.69) is 20.6 Å². The molecule has 0 saturated carbocycles. The molecule has 0 aliphatic carbocycles. The number of aryl methyl sites for hydroxylation is 1. The third-order valence-corrected chi connectivity index (χ3v) is 7.87. The van der Waals surface area contributed by atoms with Gasteiger partial charge in [-0.3, -0.25) is 9.59 Å². The number of carbonyl (C=O) groups is 1. The molecule has 1 aliphatic heterocycles. The molecular weight excluding hydrogens is 544 g/mol. The van der Waals surface area contributed by atoms with Crippen LogP contribution in [-0.2, 0) is 11.8 Å². The molecule has 4 rings (SSSR count). The fourth-order valence-electron chi connectivity index (χ4n) is 4.87. The van der Waals surface area contributed by atoms with E-state index in [1.807, 2.05) is 0 Å². The second kappa shape index (κ2) is 11.2. The summed E-state index contributed by atoms with van der Waals surface area (Å²) in [6.45, 7) is 4.98. The first-order chi connectivity index (χ1) is 18.8. The van der Waals surface area contributed by atoms with E-state index in [4.69, 9.17) is 22.1 Å². The number of carbonyl (C=O) groups excluding carboxylic acids is 1. The Kier molecular flexibility index (Phi) is 8.23. The van der Waals surface area contributed by atoms with Gasteiger partial charge in [-0.15, -0.1) is 0 Å². The van der Waals surface area contributed by atoms with Crippen LogP contribution in [0.25, 0.3) is 10.9 Å². The van der Waals surface area contributed by atoms with Crippen LogP contribution >= 0.6 is 11.6 Å². The van der Waals surface area contributed by atoms with Gasteiger partial charge in [-0.25, -0.2) is 13.8 Å². The van der Waals surface area contributed by atoms with Gasteiger partial charge in [0.25, 0.3) is 17.4 Å². The highest BCUT2D eigenvalue weighted by Gasteiger charge is 2.55. The second-order valence-electron chi connectivity index (χ2n) is 10.8. The Morgan fingerprint density at radius 3 is 2.70 bits per heavy atom. The van der Waals surface area contributed by atoms with Crippen LogP contribution in [0.3, 0.4) is 0 Å². The van der Waals surface area contributed by atoms with E-state index in [0.29, 0.717) is 22.4 Å². The molecule has 3 heterocycles. The lowest BCUT2D eigenvalue weighted by Gasteiger charge is -2.48. The average molecular weight is 578 g/mol. The normalized spacial score (nSPS) is 19.0. The summed E-state index contributed by atoms with van der Waals surface area (Å²) in [5, 5.41) is 6.52. The number of amides is 1. The first kappa shape index (κ1) is 29.5. The summed E-state index contributed by atoms with van der Waals surface area (Å²) in [6, 6.07) is 6.86. The monoisotopic (exact) mass is 577 g/mol. The number of ether oxygens (including phenoxy) is 1. The van der Waals surface area contributed by atoms with Crippen molar-refractivity contribution in [2.24, 2.45) is 30.0 Å². The summed E-state index contributed by atoms with van der Waals surface area (Å²) >= 11 is 6.41. The van der Waals surface area contributed by atoms with Crippen molar-refractivity contribution in [3.8, 4) is 5.75 Å². The van der Waals surface area contributed by atoms with Gasteiger partial charge in [0, 0.05) is 50.1 Å². The molecule has 1 aliphatic rings. The van der Waals surface area contributed by atoms with Crippen LogP contribution in [0.4, 0.5) is 26.2 Å². The maximum absolute atomic E-state index is 15.2. The molecule has 1 amide bonds. The SMILES string of the molecule is CNC(=O)COc1cc2cc(Nc3nc(N4CC(C)C(F)(F)C(C(C)(C)CN)C4)ncc3Cl)ccc2n(C)c1=O. The zero-order chi connectivity index (χ0) is 29.4. The van der Waals surface area contributed by atoms with Gasteiger partial charge in [0.2, 0.25) is 5.95 Å². The first-order valence-electron chi connectivity index (χ1n) is 12.9. The molecule has 40 heavy (non-hydrogen) atoms. The van der Waals surface area contributed by atoms with E-state index >= 15 is 8.78 Å². The quantitative estimate of drug-likeness (QED) is 0.371.